The largest absolute Gasteiger partial charge is 0.423 e. The van der Waals surface area contributed by atoms with Crippen LogP contribution < -0.4 is 5.73 Å². The number of rotatable bonds is 4. The summed E-state index contributed by atoms with van der Waals surface area (Å²) >= 11 is 0. The maximum absolute atomic E-state index is 5.89. The van der Waals surface area contributed by atoms with Crippen molar-refractivity contribution in [1.29, 1.82) is 0 Å². The first-order valence-electron chi connectivity index (χ1n) is 6.20. The van der Waals surface area contributed by atoms with Gasteiger partial charge in [-0.15, -0.1) is 10.2 Å². The molecular formula is C14H19N3O. The van der Waals surface area contributed by atoms with Gasteiger partial charge in [-0.3, -0.25) is 0 Å². The molecule has 0 amide bonds. The van der Waals surface area contributed by atoms with Gasteiger partial charge in [-0.05, 0) is 25.8 Å². The minimum atomic E-state index is -0.306. The SMILES string of the molecule is CCC(N)c1nnc(C(C)(C)c2ccccc2)o1. The van der Waals surface area contributed by atoms with Crippen LogP contribution in [-0.2, 0) is 5.41 Å². The molecule has 1 aromatic heterocycles. The van der Waals surface area contributed by atoms with Crippen LogP contribution in [0.4, 0.5) is 0 Å². The average molecular weight is 245 g/mol. The van der Waals surface area contributed by atoms with Crippen molar-refractivity contribution in [3.63, 3.8) is 0 Å². The summed E-state index contributed by atoms with van der Waals surface area (Å²) in [5.41, 5.74) is 6.73. The normalized spacial score (nSPS) is 13.6. The number of hydrogen-bond acceptors (Lipinski definition) is 4. The third-order valence-corrected chi connectivity index (χ3v) is 3.23. The van der Waals surface area contributed by atoms with Gasteiger partial charge >= 0.3 is 0 Å². The Labute approximate surface area is 107 Å². The predicted octanol–water partition coefficient (Wildman–Crippen LogP) is 2.81. The van der Waals surface area contributed by atoms with Crippen molar-refractivity contribution in [2.45, 2.75) is 38.6 Å². The minimum Gasteiger partial charge on any atom is -0.423 e. The molecule has 0 fully saturated rings. The van der Waals surface area contributed by atoms with Crippen molar-refractivity contribution >= 4 is 0 Å². The van der Waals surface area contributed by atoms with E-state index in [1.165, 1.54) is 0 Å². The summed E-state index contributed by atoms with van der Waals surface area (Å²) in [4.78, 5) is 0. The highest BCUT2D eigenvalue weighted by atomic mass is 16.4. The molecule has 2 aromatic rings. The van der Waals surface area contributed by atoms with Gasteiger partial charge in [0.1, 0.15) is 0 Å². The van der Waals surface area contributed by atoms with Gasteiger partial charge in [-0.25, -0.2) is 0 Å². The van der Waals surface area contributed by atoms with Crippen LogP contribution >= 0.6 is 0 Å². The second-order valence-corrected chi connectivity index (χ2v) is 4.95. The number of nitrogens with zero attached hydrogens (tertiary/aromatic N) is 2. The number of hydrogen-bond donors (Lipinski definition) is 1. The Kier molecular flexibility index (Phi) is 3.48. The van der Waals surface area contributed by atoms with E-state index in [0.717, 1.165) is 12.0 Å². The molecule has 4 nitrogen and oxygen atoms in total. The molecule has 0 spiro atoms. The first kappa shape index (κ1) is 12.8. The summed E-state index contributed by atoms with van der Waals surface area (Å²) in [6.07, 6.45) is 0.785. The van der Waals surface area contributed by atoms with E-state index in [1.807, 2.05) is 25.1 Å². The fourth-order valence-electron chi connectivity index (χ4n) is 1.79. The number of benzene rings is 1. The maximum atomic E-state index is 5.89. The molecule has 1 unspecified atom stereocenters. The smallest absolute Gasteiger partial charge is 0.233 e. The minimum absolute atomic E-state index is 0.183. The molecule has 0 saturated heterocycles. The molecular weight excluding hydrogens is 226 g/mol. The van der Waals surface area contributed by atoms with Crippen molar-refractivity contribution in [3.8, 4) is 0 Å². The monoisotopic (exact) mass is 245 g/mol. The van der Waals surface area contributed by atoms with Crippen molar-refractivity contribution in [2.75, 3.05) is 0 Å². The molecule has 0 aliphatic carbocycles. The summed E-state index contributed by atoms with van der Waals surface area (Å²) < 4.78 is 5.71. The molecule has 1 heterocycles. The van der Waals surface area contributed by atoms with E-state index in [0.29, 0.717) is 11.8 Å². The summed E-state index contributed by atoms with van der Waals surface area (Å²) in [7, 11) is 0. The van der Waals surface area contributed by atoms with E-state index in [1.54, 1.807) is 0 Å². The highest BCUT2D eigenvalue weighted by molar-refractivity contribution is 5.29. The Morgan fingerprint density at radius 2 is 1.89 bits per heavy atom. The van der Waals surface area contributed by atoms with Crippen LogP contribution in [-0.4, -0.2) is 10.2 Å². The van der Waals surface area contributed by atoms with Crippen molar-refractivity contribution in [2.24, 2.45) is 5.73 Å². The quantitative estimate of drug-likeness (QED) is 0.899. The van der Waals surface area contributed by atoms with Gasteiger partial charge in [0.15, 0.2) is 0 Å². The zero-order valence-electron chi connectivity index (χ0n) is 11.1. The zero-order valence-corrected chi connectivity index (χ0v) is 11.1. The van der Waals surface area contributed by atoms with Crippen molar-refractivity contribution in [1.82, 2.24) is 10.2 Å². The molecule has 0 aliphatic heterocycles. The van der Waals surface area contributed by atoms with Crippen LogP contribution in [0.15, 0.2) is 34.7 Å². The van der Waals surface area contributed by atoms with Crippen LogP contribution in [0.2, 0.25) is 0 Å². The molecule has 2 rings (SSSR count). The first-order chi connectivity index (χ1) is 8.55. The average Bonchev–Trinajstić information content (AvgIpc) is 2.89. The molecule has 2 N–H and O–H groups in total. The molecule has 0 bridgehead atoms. The van der Waals surface area contributed by atoms with Gasteiger partial charge in [0.05, 0.1) is 11.5 Å². The van der Waals surface area contributed by atoms with Gasteiger partial charge in [0, 0.05) is 0 Å². The van der Waals surface area contributed by atoms with E-state index >= 15 is 0 Å². The summed E-state index contributed by atoms with van der Waals surface area (Å²) in [6, 6.07) is 9.94. The molecule has 18 heavy (non-hydrogen) atoms. The van der Waals surface area contributed by atoms with E-state index in [2.05, 4.69) is 36.2 Å². The van der Waals surface area contributed by atoms with Crippen LogP contribution in [0.3, 0.4) is 0 Å². The Morgan fingerprint density at radius 1 is 1.22 bits per heavy atom. The lowest BCUT2D eigenvalue weighted by Gasteiger charge is -2.20. The lowest BCUT2D eigenvalue weighted by molar-refractivity contribution is 0.367. The summed E-state index contributed by atoms with van der Waals surface area (Å²) in [5.74, 6) is 1.11. The topological polar surface area (TPSA) is 64.9 Å². The Bertz CT molecular complexity index is 505. The molecule has 0 aliphatic rings. The molecule has 96 valence electrons. The number of aromatic nitrogens is 2. The van der Waals surface area contributed by atoms with E-state index in [-0.39, 0.29) is 11.5 Å². The Hall–Kier alpha value is -1.68. The van der Waals surface area contributed by atoms with Gasteiger partial charge in [-0.2, -0.15) is 0 Å². The van der Waals surface area contributed by atoms with Gasteiger partial charge in [-0.1, -0.05) is 37.3 Å². The Balaban J connectivity index is 2.33. The first-order valence-corrected chi connectivity index (χ1v) is 6.20. The van der Waals surface area contributed by atoms with Gasteiger partial charge in [0.25, 0.3) is 0 Å². The van der Waals surface area contributed by atoms with Crippen LogP contribution in [0.5, 0.6) is 0 Å². The van der Waals surface area contributed by atoms with Gasteiger partial charge < -0.3 is 10.2 Å². The lowest BCUT2D eigenvalue weighted by atomic mass is 9.85. The van der Waals surface area contributed by atoms with E-state index in [9.17, 15) is 0 Å². The van der Waals surface area contributed by atoms with Crippen LogP contribution in [0.25, 0.3) is 0 Å². The van der Waals surface area contributed by atoms with Crippen molar-refractivity contribution in [3.05, 3.63) is 47.7 Å². The third kappa shape index (κ3) is 2.29. The predicted molar refractivity (Wildman–Crippen MR) is 70.1 cm³/mol. The molecule has 1 atom stereocenters. The summed E-state index contributed by atoms with van der Waals surface area (Å²) in [6.45, 7) is 6.13. The van der Waals surface area contributed by atoms with E-state index in [4.69, 9.17) is 10.2 Å². The zero-order chi connectivity index (χ0) is 13.2. The third-order valence-electron chi connectivity index (χ3n) is 3.23. The summed E-state index contributed by atoms with van der Waals surface area (Å²) in [5, 5.41) is 8.17. The molecule has 1 aromatic carbocycles. The molecule has 0 radical (unpaired) electrons. The fraction of sp³-hybridized carbons (Fsp3) is 0.429. The van der Waals surface area contributed by atoms with Crippen LogP contribution in [0, 0.1) is 0 Å². The molecule has 0 saturated carbocycles. The lowest BCUT2D eigenvalue weighted by Crippen LogP contribution is -2.19. The second-order valence-electron chi connectivity index (χ2n) is 4.95. The maximum Gasteiger partial charge on any atom is 0.233 e. The van der Waals surface area contributed by atoms with Crippen molar-refractivity contribution < 1.29 is 4.42 Å². The van der Waals surface area contributed by atoms with E-state index < -0.39 is 0 Å². The van der Waals surface area contributed by atoms with Gasteiger partial charge in [0.2, 0.25) is 11.8 Å². The second kappa shape index (κ2) is 4.90. The highest BCUT2D eigenvalue weighted by Crippen LogP contribution is 2.30. The standard InChI is InChI=1S/C14H19N3O/c1-4-11(15)12-16-17-13(18-12)14(2,3)10-8-6-5-7-9-10/h5-9,11H,4,15H2,1-3H3. The highest BCUT2D eigenvalue weighted by Gasteiger charge is 2.30. The van der Waals surface area contributed by atoms with Crippen LogP contribution in [0.1, 0.15) is 50.6 Å². The molecule has 4 heteroatoms. The Morgan fingerprint density at radius 3 is 2.50 bits per heavy atom. The number of nitrogens with two attached hydrogens (primary N) is 1. The fourth-order valence-corrected chi connectivity index (χ4v) is 1.79.